The van der Waals surface area contributed by atoms with Crippen molar-refractivity contribution in [3.8, 4) is 5.69 Å². The van der Waals surface area contributed by atoms with Gasteiger partial charge in [-0.2, -0.15) is 13.2 Å². The normalized spacial score (nSPS) is 12.0. The Morgan fingerprint density at radius 1 is 1.18 bits per heavy atom. The molecule has 0 spiro atoms. The van der Waals surface area contributed by atoms with Crippen LogP contribution in [-0.2, 0) is 6.18 Å². The number of H-pyrrole nitrogens is 1. The van der Waals surface area contributed by atoms with Gasteiger partial charge >= 0.3 is 11.9 Å². The van der Waals surface area contributed by atoms with E-state index in [4.69, 9.17) is 11.6 Å². The van der Waals surface area contributed by atoms with Crippen molar-refractivity contribution < 1.29 is 17.7 Å². The van der Waals surface area contributed by atoms with Gasteiger partial charge in [-0.15, -0.1) is 0 Å². The first-order valence-corrected chi connectivity index (χ1v) is 6.14. The number of fused-ring (bicyclic) bond motifs is 1. The Labute approximate surface area is 123 Å². The lowest BCUT2D eigenvalue weighted by molar-refractivity contribution is -0.141. The van der Waals surface area contributed by atoms with E-state index in [1.165, 1.54) is 24.3 Å². The van der Waals surface area contributed by atoms with Crippen LogP contribution in [0, 0.1) is 0 Å². The zero-order valence-corrected chi connectivity index (χ0v) is 11.2. The van der Waals surface area contributed by atoms with Crippen molar-refractivity contribution in [2.75, 3.05) is 0 Å². The minimum atomic E-state index is -4.89. The van der Waals surface area contributed by atoms with Crippen molar-refractivity contribution in [1.82, 2.24) is 14.7 Å². The van der Waals surface area contributed by atoms with Gasteiger partial charge < -0.3 is 4.52 Å². The molecule has 1 N–H and O–H groups in total. The summed E-state index contributed by atoms with van der Waals surface area (Å²) in [5.41, 5.74) is -4.20. The maximum absolute atomic E-state index is 12.8. The fourth-order valence-corrected chi connectivity index (χ4v) is 2.08. The first kappa shape index (κ1) is 14.4. The minimum Gasteiger partial charge on any atom is -0.337 e. The highest BCUT2D eigenvalue weighted by Crippen LogP contribution is 2.31. The van der Waals surface area contributed by atoms with Crippen LogP contribution in [0.4, 0.5) is 13.2 Å². The molecule has 3 aromatic rings. The maximum Gasteiger partial charge on any atom is 0.437 e. The number of nitrogens with zero attached hydrogens (tertiary/aromatic N) is 2. The Morgan fingerprint density at radius 2 is 1.82 bits per heavy atom. The molecule has 114 valence electrons. The SMILES string of the molecule is O=c1[nH]c2onc(C(F)(F)F)c2c(=O)n1-c1ccc(Cl)cc1. The van der Waals surface area contributed by atoms with Crippen LogP contribution < -0.4 is 11.2 Å². The van der Waals surface area contributed by atoms with Crippen LogP contribution in [0.5, 0.6) is 0 Å². The number of aromatic amines is 1. The third-order valence-electron chi connectivity index (χ3n) is 2.89. The van der Waals surface area contributed by atoms with Gasteiger partial charge in [0.05, 0.1) is 5.69 Å². The molecule has 0 saturated carbocycles. The lowest BCUT2D eigenvalue weighted by Crippen LogP contribution is -2.34. The Hall–Kier alpha value is -2.55. The molecular formula is C12H5ClF3N3O3. The average Bonchev–Trinajstić information content (AvgIpc) is 2.84. The van der Waals surface area contributed by atoms with Crippen molar-refractivity contribution in [3.63, 3.8) is 0 Å². The second kappa shape index (κ2) is 4.73. The number of hydrogen-bond donors (Lipinski definition) is 1. The van der Waals surface area contributed by atoms with Crippen molar-refractivity contribution >= 4 is 22.7 Å². The second-order valence-corrected chi connectivity index (χ2v) is 4.72. The number of rotatable bonds is 1. The van der Waals surface area contributed by atoms with E-state index in [1.54, 1.807) is 0 Å². The molecule has 22 heavy (non-hydrogen) atoms. The highest BCUT2D eigenvalue weighted by Gasteiger charge is 2.39. The first-order chi connectivity index (χ1) is 10.3. The quantitative estimate of drug-likeness (QED) is 0.742. The molecule has 0 aliphatic rings. The lowest BCUT2D eigenvalue weighted by Gasteiger charge is -2.05. The van der Waals surface area contributed by atoms with E-state index in [1.807, 2.05) is 4.98 Å². The van der Waals surface area contributed by atoms with Crippen LogP contribution in [0.3, 0.4) is 0 Å². The van der Waals surface area contributed by atoms with Crippen LogP contribution in [0.25, 0.3) is 16.8 Å². The van der Waals surface area contributed by atoms with Gasteiger partial charge in [0.25, 0.3) is 5.56 Å². The van der Waals surface area contributed by atoms with Gasteiger partial charge in [-0.3, -0.25) is 9.78 Å². The highest BCUT2D eigenvalue weighted by molar-refractivity contribution is 6.30. The largest absolute Gasteiger partial charge is 0.437 e. The van der Waals surface area contributed by atoms with Gasteiger partial charge in [0, 0.05) is 5.02 Å². The average molecular weight is 332 g/mol. The third-order valence-corrected chi connectivity index (χ3v) is 3.14. The van der Waals surface area contributed by atoms with Crippen molar-refractivity contribution in [2.24, 2.45) is 0 Å². The molecule has 2 heterocycles. The van der Waals surface area contributed by atoms with Gasteiger partial charge in [0.1, 0.15) is 5.39 Å². The molecule has 2 aromatic heterocycles. The van der Waals surface area contributed by atoms with Gasteiger partial charge in [0.15, 0.2) is 0 Å². The zero-order valence-electron chi connectivity index (χ0n) is 10.4. The van der Waals surface area contributed by atoms with E-state index in [-0.39, 0.29) is 5.69 Å². The van der Waals surface area contributed by atoms with E-state index in [2.05, 4.69) is 9.68 Å². The first-order valence-electron chi connectivity index (χ1n) is 5.77. The Kier molecular flexibility index (Phi) is 3.10. The molecule has 0 radical (unpaired) electrons. The van der Waals surface area contributed by atoms with Crippen molar-refractivity contribution in [3.05, 3.63) is 55.8 Å². The number of alkyl halides is 3. The molecule has 0 bridgehead atoms. The van der Waals surface area contributed by atoms with Crippen LogP contribution in [0.15, 0.2) is 38.4 Å². The van der Waals surface area contributed by atoms with E-state index >= 15 is 0 Å². The van der Waals surface area contributed by atoms with Crippen LogP contribution >= 0.6 is 11.6 Å². The summed E-state index contributed by atoms with van der Waals surface area (Å²) in [5, 5.41) is 2.31. The van der Waals surface area contributed by atoms with E-state index in [0.29, 0.717) is 9.59 Å². The Balaban J connectivity index is 2.39. The Morgan fingerprint density at radius 3 is 2.41 bits per heavy atom. The second-order valence-electron chi connectivity index (χ2n) is 4.28. The fourth-order valence-electron chi connectivity index (χ4n) is 1.95. The number of halogens is 4. The van der Waals surface area contributed by atoms with E-state index in [0.717, 1.165) is 0 Å². The standard InChI is InChI=1S/C12H5ClF3N3O3/c13-5-1-3-6(4-2-5)19-10(20)7-8(12(14,15)16)18-22-9(7)17-11(19)21/h1-4H,(H,17,21). The molecule has 0 amide bonds. The van der Waals surface area contributed by atoms with Gasteiger partial charge in [-0.1, -0.05) is 16.8 Å². The van der Waals surface area contributed by atoms with Crippen LogP contribution in [0.2, 0.25) is 5.02 Å². The van der Waals surface area contributed by atoms with Crippen LogP contribution in [0.1, 0.15) is 5.69 Å². The predicted molar refractivity (Wildman–Crippen MR) is 70.2 cm³/mol. The molecule has 0 atom stereocenters. The molecule has 3 rings (SSSR count). The molecular weight excluding hydrogens is 327 g/mol. The summed E-state index contributed by atoms with van der Waals surface area (Å²) in [4.78, 5) is 26.2. The molecule has 0 aliphatic carbocycles. The molecule has 1 aromatic carbocycles. The molecule has 0 saturated heterocycles. The number of nitrogens with one attached hydrogen (secondary N) is 1. The summed E-state index contributed by atoms with van der Waals surface area (Å²) >= 11 is 5.69. The zero-order chi connectivity index (χ0) is 16.1. The minimum absolute atomic E-state index is 0.0619. The smallest absolute Gasteiger partial charge is 0.337 e. The Bertz CT molecular complexity index is 970. The molecule has 0 aliphatic heterocycles. The van der Waals surface area contributed by atoms with E-state index < -0.39 is 34.2 Å². The number of hydrogen-bond acceptors (Lipinski definition) is 4. The molecule has 0 unspecified atom stereocenters. The highest BCUT2D eigenvalue weighted by atomic mass is 35.5. The van der Waals surface area contributed by atoms with Crippen molar-refractivity contribution in [2.45, 2.75) is 6.18 Å². The fraction of sp³-hybridized carbons (Fsp3) is 0.0833. The lowest BCUT2D eigenvalue weighted by atomic mass is 10.2. The van der Waals surface area contributed by atoms with Gasteiger partial charge in [0.2, 0.25) is 11.4 Å². The molecule has 6 nitrogen and oxygen atoms in total. The third kappa shape index (κ3) is 2.19. The molecule has 0 fully saturated rings. The summed E-state index contributed by atoms with van der Waals surface area (Å²) in [6, 6.07) is 5.44. The topological polar surface area (TPSA) is 80.9 Å². The van der Waals surface area contributed by atoms with Gasteiger partial charge in [-0.05, 0) is 24.3 Å². The summed E-state index contributed by atoms with van der Waals surface area (Å²) in [6.07, 6.45) is -4.89. The number of aromatic nitrogens is 3. The predicted octanol–water partition coefficient (Wildman–Crippen LogP) is 2.34. The summed E-state index contributed by atoms with van der Waals surface area (Å²) < 4.78 is 43.4. The van der Waals surface area contributed by atoms with E-state index in [9.17, 15) is 22.8 Å². The summed E-state index contributed by atoms with van der Waals surface area (Å²) in [6.45, 7) is 0. The maximum atomic E-state index is 12.8. The summed E-state index contributed by atoms with van der Waals surface area (Å²) in [5.74, 6) is 0. The summed E-state index contributed by atoms with van der Waals surface area (Å²) in [7, 11) is 0. The van der Waals surface area contributed by atoms with Gasteiger partial charge in [-0.25, -0.2) is 9.36 Å². The van der Waals surface area contributed by atoms with Crippen LogP contribution in [-0.4, -0.2) is 14.7 Å². The monoisotopic (exact) mass is 331 g/mol. The molecule has 10 heteroatoms. The van der Waals surface area contributed by atoms with Crippen molar-refractivity contribution in [1.29, 1.82) is 0 Å². The number of benzene rings is 1.